The molecule has 5 aromatic rings. The van der Waals surface area contributed by atoms with Gasteiger partial charge >= 0.3 is 0 Å². The minimum absolute atomic E-state index is 0.0827. The van der Waals surface area contributed by atoms with Gasteiger partial charge in [-0.3, -0.25) is 0 Å². The van der Waals surface area contributed by atoms with Crippen molar-refractivity contribution >= 4 is 91.0 Å². The topological polar surface area (TPSA) is 83.8 Å². The van der Waals surface area contributed by atoms with Crippen LogP contribution in [0.3, 0.4) is 0 Å². The molecule has 2 aliphatic heterocycles. The number of nitriles is 3. The van der Waals surface area contributed by atoms with Crippen LogP contribution in [-0.4, -0.2) is 24.9 Å². The van der Waals surface area contributed by atoms with Crippen molar-refractivity contribution in [1.29, 1.82) is 15.8 Å². The fraction of sp³-hybridized carbons (Fsp3) is 0.219. The number of thiophene rings is 4. The lowest BCUT2D eigenvalue weighted by atomic mass is 9.94. The second kappa shape index (κ2) is 10.0. The zero-order valence-electron chi connectivity index (χ0n) is 23.1. The van der Waals surface area contributed by atoms with Crippen LogP contribution in [0.15, 0.2) is 69.9 Å². The Labute approximate surface area is 263 Å². The van der Waals surface area contributed by atoms with Crippen molar-refractivity contribution in [3.05, 3.63) is 69.8 Å². The Balaban J connectivity index is 1.19. The van der Waals surface area contributed by atoms with Gasteiger partial charge in [0.05, 0.1) is 23.5 Å². The zero-order valence-corrected chi connectivity index (χ0v) is 27.1. The summed E-state index contributed by atoms with van der Waals surface area (Å²) in [5, 5.41) is 28.8. The standard InChI is InChI=1S/C32H22N4OS5/c1-32(2)21(20(15-35)25(37-32)17(13-33)14-34)10-9-19-11-23-26(38-19)28-30(40-23)31-29(42-28)27-24(41-31)12-22(39-27)16-5-7-18(8-6-16)36(3)4/h5-10,12,19H,11H2,1-4H3/b10-9+. The third kappa shape index (κ3) is 4.20. The molecule has 10 heteroatoms. The third-order valence-corrected chi connectivity index (χ3v) is 14.5. The number of fused-ring (bicyclic) bond motifs is 7. The van der Waals surface area contributed by atoms with Crippen molar-refractivity contribution in [3.8, 4) is 28.6 Å². The number of anilines is 1. The first-order valence-electron chi connectivity index (χ1n) is 13.1. The van der Waals surface area contributed by atoms with E-state index in [1.807, 2.05) is 89.2 Å². The van der Waals surface area contributed by atoms with E-state index in [-0.39, 0.29) is 22.2 Å². The SMILES string of the molecule is CN(C)c1ccc(-c2cc3sc4c5sc6c(c5sc4c3s2)SC(/C=C/C2=C(C#N)C(=C(C#N)C#N)OC2(C)C)C6)cc1. The van der Waals surface area contributed by atoms with Crippen LogP contribution in [0.4, 0.5) is 5.69 Å². The average molecular weight is 639 g/mol. The summed E-state index contributed by atoms with van der Waals surface area (Å²) in [6, 6.07) is 17.0. The molecular formula is C32H22N4OS5. The minimum atomic E-state index is -0.797. The molecule has 0 fully saturated rings. The maximum Gasteiger partial charge on any atom is 0.172 e. The second-order valence-corrected chi connectivity index (χ2v) is 16.3. The fourth-order valence-corrected chi connectivity index (χ4v) is 13.0. The smallest absolute Gasteiger partial charge is 0.172 e. The fourth-order valence-electron chi connectivity index (χ4n) is 5.39. The molecular weight excluding hydrogens is 617 g/mol. The Hall–Kier alpha value is -3.56. The molecule has 0 amide bonds. The lowest BCUT2D eigenvalue weighted by Crippen LogP contribution is -2.21. The van der Waals surface area contributed by atoms with Crippen molar-refractivity contribution in [3.63, 3.8) is 0 Å². The maximum atomic E-state index is 9.84. The summed E-state index contributed by atoms with van der Waals surface area (Å²) in [6.07, 6.45) is 5.04. The molecule has 5 nitrogen and oxygen atoms in total. The Morgan fingerprint density at radius 3 is 2.36 bits per heavy atom. The summed E-state index contributed by atoms with van der Waals surface area (Å²) in [5.41, 5.74) is 2.46. The van der Waals surface area contributed by atoms with E-state index in [2.05, 4.69) is 61.5 Å². The highest BCUT2D eigenvalue weighted by Crippen LogP contribution is 2.56. The summed E-state index contributed by atoms with van der Waals surface area (Å²) in [5.74, 6) is 0.0827. The van der Waals surface area contributed by atoms with Gasteiger partial charge in [0, 0.05) is 50.0 Å². The molecule has 0 bridgehead atoms. The third-order valence-electron chi connectivity index (χ3n) is 7.49. The van der Waals surface area contributed by atoms with Crippen molar-refractivity contribution in [2.45, 2.75) is 36.0 Å². The Morgan fingerprint density at radius 2 is 1.67 bits per heavy atom. The molecule has 0 saturated carbocycles. The van der Waals surface area contributed by atoms with Crippen LogP contribution in [0.25, 0.3) is 38.6 Å². The summed E-state index contributed by atoms with van der Waals surface area (Å²) in [7, 11) is 4.13. The maximum absolute atomic E-state index is 9.84. The number of benzene rings is 1. The number of allylic oxidation sites excluding steroid dienone is 2. The molecule has 0 spiro atoms. The van der Waals surface area contributed by atoms with Gasteiger partial charge in [-0.1, -0.05) is 24.3 Å². The molecule has 4 aromatic heterocycles. The lowest BCUT2D eigenvalue weighted by Gasteiger charge is -2.20. The number of thioether (sulfide) groups is 1. The Morgan fingerprint density at radius 1 is 0.952 bits per heavy atom. The predicted octanol–water partition coefficient (Wildman–Crippen LogP) is 9.63. The first-order chi connectivity index (χ1) is 20.2. The van der Waals surface area contributed by atoms with Gasteiger partial charge in [0.2, 0.25) is 0 Å². The number of hydrogen-bond donors (Lipinski definition) is 0. The summed E-state index contributed by atoms with van der Waals surface area (Å²) in [6.45, 7) is 3.72. The average Bonchev–Trinajstić information content (AvgIpc) is 3.77. The van der Waals surface area contributed by atoms with Gasteiger partial charge in [0.25, 0.3) is 0 Å². The van der Waals surface area contributed by atoms with E-state index in [4.69, 9.17) is 4.74 Å². The van der Waals surface area contributed by atoms with Crippen molar-refractivity contribution in [2.24, 2.45) is 0 Å². The van der Waals surface area contributed by atoms with Crippen LogP contribution in [0.1, 0.15) is 18.7 Å². The Bertz CT molecular complexity index is 2140. The van der Waals surface area contributed by atoms with E-state index < -0.39 is 5.60 Å². The van der Waals surface area contributed by atoms with Crippen LogP contribution in [0.2, 0.25) is 0 Å². The van der Waals surface area contributed by atoms with Crippen LogP contribution in [0.5, 0.6) is 0 Å². The molecule has 0 radical (unpaired) electrons. The van der Waals surface area contributed by atoms with Crippen LogP contribution >= 0.6 is 57.1 Å². The summed E-state index contributed by atoms with van der Waals surface area (Å²) < 4.78 is 14.3. The van der Waals surface area contributed by atoms with Crippen LogP contribution in [0, 0.1) is 34.0 Å². The molecule has 1 aromatic carbocycles. The monoisotopic (exact) mass is 638 g/mol. The quantitative estimate of drug-likeness (QED) is 0.182. The van der Waals surface area contributed by atoms with Gasteiger partial charge in [-0.15, -0.1) is 57.1 Å². The molecule has 7 rings (SSSR count). The van der Waals surface area contributed by atoms with E-state index in [1.165, 1.54) is 54.1 Å². The summed E-state index contributed by atoms with van der Waals surface area (Å²) >= 11 is 9.53. The van der Waals surface area contributed by atoms with E-state index in [9.17, 15) is 15.8 Å². The molecule has 206 valence electrons. The number of hydrogen-bond acceptors (Lipinski definition) is 10. The van der Waals surface area contributed by atoms with Gasteiger partial charge in [0.1, 0.15) is 29.4 Å². The van der Waals surface area contributed by atoms with Crippen molar-refractivity contribution in [1.82, 2.24) is 0 Å². The minimum Gasteiger partial charge on any atom is -0.480 e. The van der Waals surface area contributed by atoms with E-state index in [0.29, 0.717) is 5.57 Å². The molecule has 6 heterocycles. The van der Waals surface area contributed by atoms with Gasteiger partial charge in [-0.05, 0) is 44.0 Å². The number of nitrogens with zero attached hydrogens (tertiary/aromatic N) is 4. The van der Waals surface area contributed by atoms with Gasteiger partial charge in [0.15, 0.2) is 11.3 Å². The number of ether oxygens (including phenoxy) is 1. The molecule has 1 atom stereocenters. The van der Waals surface area contributed by atoms with Gasteiger partial charge in [-0.25, -0.2) is 0 Å². The van der Waals surface area contributed by atoms with Crippen LogP contribution < -0.4 is 4.90 Å². The first kappa shape index (κ1) is 27.3. The lowest BCUT2D eigenvalue weighted by molar-refractivity contribution is 0.0953. The molecule has 0 aliphatic carbocycles. The molecule has 42 heavy (non-hydrogen) atoms. The molecule has 1 unspecified atom stereocenters. The van der Waals surface area contributed by atoms with Gasteiger partial charge < -0.3 is 9.64 Å². The van der Waals surface area contributed by atoms with E-state index >= 15 is 0 Å². The highest BCUT2D eigenvalue weighted by Gasteiger charge is 2.39. The first-order valence-corrected chi connectivity index (χ1v) is 17.3. The number of rotatable bonds is 4. The van der Waals surface area contributed by atoms with Crippen molar-refractivity contribution < 1.29 is 4.74 Å². The van der Waals surface area contributed by atoms with Gasteiger partial charge in [-0.2, -0.15) is 15.8 Å². The molecule has 0 saturated heterocycles. The summed E-state index contributed by atoms with van der Waals surface area (Å²) in [4.78, 5) is 6.24. The predicted molar refractivity (Wildman–Crippen MR) is 179 cm³/mol. The van der Waals surface area contributed by atoms with E-state index in [0.717, 1.165) is 6.42 Å². The highest BCUT2D eigenvalue weighted by molar-refractivity contribution is 8.01. The Kier molecular flexibility index (Phi) is 6.51. The van der Waals surface area contributed by atoms with E-state index in [1.54, 1.807) is 0 Å². The van der Waals surface area contributed by atoms with Crippen molar-refractivity contribution in [2.75, 3.05) is 19.0 Å². The zero-order chi connectivity index (χ0) is 29.3. The molecule has 2 aliphatic rings. The molecule has 0 N–H and O–H groups in total. The second-order valence-electron chi connectivity index (χ2n) is 10.8. The highest BCUT2D eigenvalue weighted by atomic mass is 32.2. The normalized spacial score (nSPS) is 17.6. The largest absolute Gasteiger partial charge is 0.480 e. The van der Waals surface area contributed by atoms with Crippen LogP contribution in [-0.2, 0) is 11.2 Å².